The Balaban J connectivity index is 0.000000191. The molecule has 12 aromatic heterocycles. The molecule has 1 atom stereocenters. The van der Waals surface area contributed by atoms with Gasteiger partial charge in [-0.15, -0.1) is 45.3 Å². The first-order chi connectivity index (χ1) is 68.5. The van der Waals surface area contributed by atoms with E-state index in [4.69, 9.17) is 9.84 Å². The number of amides is 6. The first-order valence-electron chi connectivity index (χ1n) is 44.1. The molecule has 147 heavy (non-hydrogen) atoms. The zero-order valence-corrected chi connectivity index (χ0v) is 85.5. The molecule has 0 radical (unpaired) electrons. The number of pyridine rings is 1. The molecule has 0 aliphatic carbocycles. The summed E-state index contributed by atoms with van der Waals surface area (Å²) < 4.78 is 239. The number of hydrogen-bond acceptors (Lipinski definition) is 21. The minimum Gasteiger partial charge on any atom is -0.394 e. The number of aliphatic hydroxyl groups excluding tert-OH is 1. The number of aromatic nitrogens is 15. The van der Waals surface area contributed by atoms with Crippen molar-refractivity contribution in [3.63, 3.8) is 0 Å². The zero-order valence-electron chi connectivity index (χ0n) is 82.3. The van der Waals surface area contributed by atoms with E-state index in [1.54, 1.807) is 169 Å². The molecule has 52 heteroatoms. The number of aromatic amines is 2. The summed E-state index contributed by atoms with van der Waals surface area (Å²) in [7, 11) is 22.1. The van der Waals surface area contributed by atoms with Crippen molar-refractivity contribution in [1.29, 1.82) is 0 Å². The third-order valence-electron chi connectivity index (χ3n) is 20.6. The second-order valence-electron chi connectivity index (χ2n) is 34.2. The highest BCUT2D eigenvalue weighted by Gasteiger charge is 2.40. The van der Waals surface area contributed by atoms with Crippen LogP contribution in [-0.2, 0) is 69.7 Å². The fourth-order valence-electron chi connectivity index (χ4n) is 13.5. The Labute approximate surface area is 847 Å². The van der Waals surface area contributed by atoms with Gasteiger partial charge >= 0.3 is 37.1 Å². The van der Waals surface area contributed by atoms with Crippen LogP contribution in [0.5, 0.6) is 0 Å². The molecule has 1 aliphatic rings. The van der Waals surface area contributed by atoms with Gasteiger partial charge in [0.05, 0.1) is 93.3 Å². The average molecular weight is 2150 g/mol. The molecule has 792 valence electrons. The molecule has 30 nitrogen and oxygen atoms in total. The first-order valence-corrected chi connectivity index (χ1v) is 47.3. The first kappa shape index (κ1) is 117. The summed E-state index contributed by atoms with van der Waals surface area (Å²) in [5.41, 5.74) is 3.22. The maximum atomic E-state index is 12.9. The Morgan fingerprint density at radius 3 is 1.39 bits per heavy atom. The van der Waals surface area contributed by atoms with E-state index in [0.717, 1.165) is 116 Å². The number of aliphatic hydroxyl groups is 1. The number of hydrogen-bond donors (Lipinski definition) is 4. The molecule has 1 saturated heterocycles. The van der Waals surface area contributed by atoms with Crippen LogP contribution in [0.1, 0.15) is 138 Å². The van der Waals surface area contributed by atoms with Crippen molar-refractivity contribution >= 4 is 80.8 Å². The number of rotatable bonds is 22. The minimum absolute atomic E-state index is 0.0195. The van der Waals surface area contributed by atoms with Gasteiger partial charge in [0.1, 0.15) is 47.3 Å². The largest absolute Gasteiger partial charge is 0.435 e. The Morgan fingerprint density at radius 1 is 0.456 bits per heavy atom. The highest BCUT2D eigenvalue weighted by atomic mass is 32.1. The van der Waals surface area contributed by atoms with Gasteiger partial charge in [0.15, 0.2) is 5.69 Å². The van der Waals surface area contributed by atoms with Crippen LogP contribution in [-0.4, -0.2) is 267 Å². The van der Waals surface area contributed by atoms with Gasteiger partial charge in [0, 0.05) is 163 Å². The molecule has 13 heterocycles. The van der Waals surface area contributed by atoms with Crippen molar-refractivity contribution < 1.29 is 118 Å². The monoisotopic (exact) mass is 2150 g/mol. The van der Waals surface area contributed by atoms with Crippen molar-refractivity contribution in [3.8, 4) is 76.1 Å². The van der Waals surface area contributed by atoms with Gasteiger partial charge in [-0.1, -0.05) is 38.1 Å². The molecule has 2 aromatic carbocycles. The van der Waals surface area contributed by atoms with E-state index >= 15 is 0 Å². The lowest BCUT2D eigenvalue weighted by molar-refractivity contribution is -0.144. The number of ether oxygens (including phenoxy) is 1. The molecule has 14 aromatic rings. The van der Waals surface area contributed by atoms with Gasteiger partial charge in [-0.25, -0.2) is 0 Å². The van der Waals surface area contributed by atoms with E-state index in [2.05, 4.69) is 51.1 Å². The fourth-order valence-corrected chi connectivity index (χ4v) is 17.5. The Morgan fingerprint density at radius 2 is 0.925 bits per heavy atom. The van der Waals surface area contributed by atoms with Crippen molar-refractivity contribution in [2.75, 3.05) is 104 Å². The Bertz CT molecular complexity index is 6780. The molecule has 0 spiro atoms. The van der Waals surface area contributed by atoms with E-state index < -0.39 is 72.9 Å². The average Bonchev–Trinajstić information content (AvgIpc) is 1.65. The number of halogens is 18. The van der Waals surface area contributed by atoms with Crippen LogP contribution >= 0.6 is 45.3 Å². The predicted molar refractivity (Wildman–Crippen MR) is 519 cm³/mol. The quantitative estimate of drug-likeness (QED) is 0.0458. The van der Waals surface area contributed by atoms with Crippen LogP contribution in [0.2, 0.25) is 0 Å². The molecule has 0 saturated carbocycles. The van der Waals surface area contributed by atoms with Gasteiger partial charge in [-0.05, 0) is 160 Å². The van der Waals surface area contributed by atoms with Crippen LogP contribution < -0.4 is 5.32 Å². The van der Waals surface area contributed by atoms with Gasteiger partial charge in [-0.3, -0.25) is 67.4 Å². The van der Waals surface area contributed by atoms with Gasteiger partial charge in [-0.2, -0.15) is 115 Å². The summed E-state index contributed by atoms with van der Waals surface area (Å²) in [4.78, 5) is 89.3. The number of thiophene rings is 4. The summed E-state index contributed by atoms with van der Waals surface area (Å²) in [5.74, 6) is -1.11. The van der Waals surface area contributed by atoms with E-state index in [1.807, 2.05) is 56.2 Å². The molecule has 0 bridgehead atoms. The Hall–Kier alpha value is -13.7. The van der Waals surface area contributed by atoms with E-state index in [9.17, 15) is 108 Å². The highest BCUT2D eigenvalue weighted by Crippen LogP contribution is 2.40. The second kappa shape index (κ2) is 49.7. The lowest BCUT2D eigenvalue weighted by Gasteiger charge is -2.11. The summed E-state index contributed by atoms with van der Waals surface area (Å²) >= 11 is 5.24. The third-order valence-corrected chi connectivity index (χ3v) is 25.0. The number of carbonyl (C=O) groups is 6. The maximum Gasteiger partial charge on any atom is 0.435 e. The zero-order chi connectivity index (χ0) is 109. The lowest BCUT2D eigenvalue weighted by Crippen LogP contribution is -2.25. The van der Waals surface area contributed by atoms with Crippen LogP contribution in [0, 0.1) is 13.8 Å². The molecule has 15 rings (SSSR count). The van der Waals surface area contributed by atoms with E-state index in [0.29, 0.717) is 82.3 Å². The van der Waals surface area contributed by atoms with Crippen LogP contribution in [0.25, 0.3) is 76.1 Å². The molecule has 0 unspecified atom stereocenters. The van der Waals surface area contributed by atoms with Crippen LogP contribution in [0.4, 0.5) is 79.0 Å². The van der Waals surface area contributed by atoms with Crippen LogP contribution in [0.15, 0.2) is 158 Å². The number of nitrogens with one attached hydrogen (secondary N) is 3. The topological polar surface area (TPSA) is 323 Å². The normalized spacial score (nSPS) is 12.6. The van der Waals surface area contributed by atoms with Crippen molar-refractivity contribution in [1.82, 2.24) is 109 Å². The number of H-pyrrole nitrogens is 2. The highest BCUT2D eigenvalue weighted by molar-refractivity contribution is 7.18. The molecule has 6 amide bonds. The van der Waals surface area contributed by atoms with Crippen molar-refractivity contribution in [2.45, 2.75) is 116 Å². The van der Waals surface area contributed by atoms with Crippen LogP contribution in [0.3, 0.4) is 0 Å². The summed E-state index contributed by atoms with van der Waals surface area (Å²) in [6.45, 7) is 6.94. The minimum atomic E-state index is -4.58. The molecule has 1 fully saturated rings. The Kier molecular flexibility index (Phi) is 39.5. The van der Waals surface area contributed by atoms with Gasteiger partial charge in [0.25, 0.3) is 35.4 Å². The van der Waals surface area contributed by atoms with Crippen molar-refractivity contribution in [2.24, 2.45) is 14.1 Å². The molecule has 1 aliphatic heterocycles. The van der Waals surface area contributed by atoms with E-state index in [1.165, 1.54) is 103 Å². The van der Waals surface area contributed by atoms with E-state index in [-0.39, 0.29) is 83.4 Å². The number of carbonyl (C=O) groups excluding carboxylic acids is 6. The maximum absolute atomic E-state index is 12.9. The summed E-state index contributed by atoms with van der Waals surface area (Å²) in [5, 5.41) is 44.2. The number of aryl methyl sites for hydroxylation is 4. The SMILES string of the molecule is CC(C)c1cc(-c2ccc(C(=O)N(C)C)s2)n(CC(F)(F)F)n1.CN(C)C(=O)c1cc(-c2cc(C(F)(F)F)n(C)n2)ccn1.CN(C)C(=O)c1cccc(-c2cc(C(F)(F)F)[nH]n2)c1.CN(C)C(=O)c1cccc(-c2cc(C(F)(F)F)nn2CCO)c1.Cc1cc(-c2ccc(C(=O)N(C)C)s2)n(CC(F)(F)F)n1.Cc1cc(-c2ccc(C(=O)N(C)C)s2)n[nH]1.Cn1nc(-c2ccc(CNC[C@H]3CCCO3)s2)cc1C(F)(F)F. The number of nitrogens with zero attached hydrogens (tertiary/aromatic N) is 19. The van der Waals surface area contributed by atoms with Gasteiger partial charge < -0.3 is 44.6 Å². The molecular weight excluding hydrogens is 2050 g/mol. The van der Waals surface area contributed by atoms with Gasteiger partial charge in [0.2, 0.25) is 0 Å². The second-order valence-corrected chi connectivity index (χ2v) is 38.6. The number of alkyl halides is 18. The fraction of sp³-hybridized carbons (Fsp3) is 0.368. The molecular formula is C95H104F18N22O8S4. The molecule has 4 N–H and O–H groups in total. The summed E-state index contributed by atoms with van der Waals surface area (Å²) in [6.07, 6.45) is -22.8. The smallest absolute Gasteiger partial charge is 0.394 e. The van der Waals surface area contributed by atoms with Crippen molar-refractivity contribution in [3.05, 3.63) is 234 Å². The standard InChI is InChI=1S/C15H16F3N3O2.2C15H18F3N3OS.C13H13F3N4O.C13H14F3N3OS.C13H12F3N3O.C11H13N3OS/c1-20(2)14(23)11-5-3-4-10(8-11)12-9-13(15(16,17)18)19-21(12)6-7-22;1-21-14(15(16,17)18)7-12(20-21)13-5-4-11(23-13)9-19-8-10-3-2-6-22-10;1-9(2)10-7-11(21(19-10)8-15(16,17)18)12-5-6-13(23-12)14(22)20(3)4;1-19(2)12(21)10-6-8(4-5-17-10)9-7-11(13(14,15)16)20(3)18-9;1-8-6-9(19(17-8)7-13(14,15)16)10-4-5-11(21-10)12(20)18(2)3;1-19(2)12(20)9-5-3-4-8(6-9)10-7-11(18-17-10)13(14,15)16;1-7-6-8(13-12-7)9-4-5-10(16-9)11(15)14(2)3/h3-5,8-9,22H,6-7H2,1-2H3;4-5,7,10,19H,2-3,6,8-9H2,1H3;5-7,9H,8H2,1-4H3;4-7H,1-3H3;4-6H,7H2,1-3H3;3-7H,1-2H3,(H,17,18);4-6H,1-3H3,(H,12,13)/t;10-;;;;;/m.1...../s1. The third kappa shape index (κ3) is 33.2. The lowest BCUT2D eigenvalue weighted by atomic mass is 10.1. The summed E-state index contributed by atoms with van der Waals surface area (Å²) in [6, 6.07) is 38.7. The predicted octanol–water partition coefficient (Wildman–Crippen LogP) is 20.0. The number of benzene rings is 2.